The summed E-state index contributed by atoms with van der Waals surface area (Å²) in [4.78, 5) is 14.3. The topological polar surface area (TPSA) is 66.9 Å². The monoisotopic (exact) mass is 418 g/mol. The molecule has 1 heterocycles. The molecule has 1 aromatic rings. The third-order valence-electron chi connectivity index (χ3n) is 4.04. The third-order valence-corrected chi connectivity index (χ3v) is 6.83. The highest BCUT2D eigenvalue weighted by molar-refractivity contribution is 9.10. The predicted molar refractivity (Wildman–Crippen MR) is 95.6 cm³/mol. The molecule has 1 fully saturated rings. The zero-order valence-electron chi connectivity index (χ0n) is 14.2. The molecule has 134 valence electrons. The Morgan fingerprint density at radius 3 is 2.54 bits per heavy atom. The van der Waals surface area contributed by atoms with Gasteiger partial charge in [0.2, 0.25) is 10.0 Å². The Kier molecular flexibility index (Phi) is 6.41. The Morgan fingerprint density at radius 1 is 1.29 bits per heavy atom. The standard InChI is InChI=1S/C16H23BrN2O4S/c1-18(2)24(21,22)15-8-7-12(10-14(15)17)16(20)19(3)11-13-6-4-5-9-23-13/h7-8,10,13H,4-6,9,11H2,1-3H3. The lowest BCUT2D eigenvalue weighted by Gasteiger charge is -2.27. The van der Waals surface area contributed by atoms with Crippen LogP contribution in [0.5, 0.6) is 0 Å². The van der Waals surface area contributed by atoms with Crippen molar-refractivity contribution in [2.75, 3.05) is 34.3 Å². The smallest absolute Gasteiger partial charge is 0.253 e. The van der Waals surface area contributed by atoms with Gasteiger partial charge in [-0.1, -0.05) is 0 Å². The van der Waals surface area contributed by atoms with Crippen LogP contribution >= 0.6 is 15.9 Å². The quantitative estimate of drug-likeness (QED) is 0.735. The fraction of sp³-hybridized carbons (Fsp3) is 0.562. The largest absolute Gasteiger partial charge is 0.376 e. The number of halogens is 1. The second-order valence-electron chi connectivity index (χ2n) is 6.11. The molecule has 1 aliphatic heterocycles. The van der Waals surface area contributed by atoms with E-state index in [4.69, 9.17) is 4.74 Å². The second-order valence-corrected chi connectivity index (χ2v) is 9.08. The number of carbonyl (C=O) groups excluding carboxylic acids is 1. The van der Waals surface area contributed by atoms with Crippen molar-refractivity contribution in [3.8, 4) is 0 Å². The van der Waals surface area contributed by atoms with Crippen LogP contribution in [0.1, 0.15) is 29.6 Å². The van der Waals surface area contributed by atoms with E-state index in [1.807, 2.05) is 0 Å². The number of nitrogens with zero attached hydrogens (tertiary/aromatic N) is 2. The highest BCUT2D eigenvalue weighted by Gasteiger charge is 2.23. The summed E-state index contributed by atoms with van der Waals surface area (Å²) in [7, 11) is 1.13. The molecular formula is C16H23BrN2O4S. The maximum absolute atomic E-state index is 12.6. The molecule has 1 saturated heterocycles. The molecule has 0 bridgehead atoms. The number of ether oxygens (including phenoxy) is 1. The van der Waals surface area contributed by atoms with E-state index in [1.165, 1.54) is 20.2 Å². The summed E-state index contributed by atoms with van der Waals surface area (Å²) >= 11 is 3.27. The van der Waals surface area contributed by atoms with E-state index in [1.54, 1.807) is 24.1 Å². The van der Waals surface area contributed by atoms with Gasteiger partial charge in [-0.25, -0.2) is 12.7 Å². The van der Waals surface area contributed by atoms with Crippen LogP contribution in [0.4, 0.5) is 0 Å². The average molecular weight is 419 g/mol. The first-order valence-electron chi connectivity index (χ1n) is 7.82. The lowest BCUT2D eigenvalue weighted by molar-refractivity contribution is -0.000189. The maximum atomic E-state index is 12.6. The van der Waals surface area contributed by atoms with Gasteiger partial charge in [0.25, 0.3) is 5.91 Å². The zero-order chi connectivity index (χ0) is 17.9. The minimum Gasteiger partial charge on any atom is -0.376 e. The Labute approximate surface area is 151 Å². The molecule has 8 heteroatoms. The fourth-order valence-electron chi connectivity index (χ4n) is 2.60. The van der Waals surface area contributed by atoms with E-state index in [0.29, 0.717) is 16.6 Å². The van der Waals surface area contributed by atoms with Gasteiger partial charge in [0.1, 0.15) is 0 Å². The number of carbonyl (C=O) groups is 1. The Morgan fingerprint density at radius 2 is 2.00 bits per heavy atom. The van der Waals surface area contributed by atoms with Gasteiger partial charge < -0.3 is 9.64 Å². The molecule has 24 heavy (non-hydrogen) atoms. The Hall–Kier alpha value is -0.960. The summed E-state index contributed by atoms with van der Waals surface area (Å²) in [6.45, 7) is 1.28. The Balaban J connectivity index is 2.14. The van der Waals surface area contributed by atoms with Gasteiger partial charge in [0, 0.05) is 44.3 Å². The molecule has 1 aliphatic rings. The first-order chi connectivity index (χ1) is 11.2. The van der Waals surface area contributed by atoms with Crippen LogP contribution in [0.15, 0.2) is 27.6 Å². The van der Waals surface area contributed by atoms with E-state index in [2.05, 4.69) is 15.9 Å². The molecule has 0 aromatic heterocycles. The van der Waals surface area contributed by atoms with Gasteiger partial charge in [-0.2, -0.15) is 0 Å². The van der Waals surface area contributed by atoms with E-state index in [0.717, 1.165) is 30.2 Å². The SMILES string of the molecule is CN(CC1CCCCO1)C(=O)c1ccc(S(=O)(=O)N(C)C)c(Br)c1. The van der Waals surface area contributed by atoms with Crippen LogP contribution < -0.4 is 0 Å². The van der Waals surface area contributed by atoms with Crippen molar-refractivity contribution in [2.45, 2.75) is 30.3 Å². The molecule has 1 atom stereocenters. The number of likely N-dealkylation sites (N-methyl/N-ethyl adjacent to an activating group) is 1. The summed E-state index contributed by atoms with van der Waals surface area (Å²) < 4.78 is 31.6. The van der Waals surface area contributed by atoms with Gasteiger partial charge in [-0.15, -0.1) is 0 Å². The highest BCUT2D eigenvalue weighted by atomic mass is 79.9. The molecule has 0 aliphatic carbocycles. The van der Waals surface area contributed by atoms with Crippen LogP contribution in [-0.2, 0) is 14.8 Å². The summed E-state index contributed by atoms with van der Waals surface area (Å²) in [5, 5.41) is 0. The molecule has 2 rings (SSSR count). The first kappa shape index (κ1) is 19.4. The molecule has 1 unspecified atom stereocenters. The lowest BCUT2D eigenvalue weighted by Crippen LogP contribution is -2.37. The minimum absolute atomic E-state index is 0.0736. The van der Waals surface area contributed by atoms with E-state index < -0.39 is 10.0 Å². The molecule has 0 radical (unpaired) electrons. The maximum Gasteiger partial charge on any atom is 0.253 e. The lowest BCUT2D eigenvalue weighted by atomic mass is 10.1. The zero-order valence-corrected chi connectivity index (χ0v) is 16.6. The van der Waals surface area contributed by atoms with Crippen molar-refractivity contribution in [1.82, 2.24) is 9.21 Å². The van der Waals surface area contributed by atoms with Gasteiger partial charge in [-0.05, 0) is 53.4 Å². The number of sulfonamides is 1. The molecule has 0 spiro atoms. The van der Waals surface area contributed by atoms with Gasteiger partial charge in [0.05, 0.1) is 11.0 Å². The van der Waals surface area contributed by atoms with Crippen LogP contribution in [0, 0.1) is 0 Å². The molecule has 6 nitrogen and oxygen atoms in total. The minimum atomic E-state index is -3.55. The normalized spacial score (nSPS) is 18.6. The van der Waals surface area contributed by atoms with Crippen molar-refractivity contribution in [3.05, 3.63) is 28.2 Å². The van der Waals surface area contributed by atoms with Crippen molar-refractivity contribution in [3.63, 3.8) is 0 Å². The number of amides is 1. The molecule has 1 amide bonds. The van der Waals surface area contributed by atoms with Gasteiger partial charge in [0.15, 0.2) is 0 Å². The second kappa shape index (κ2) is 7.95. The third kappa shape index (κ3) is 4.36. The summed E-state index contributed by atoms with van der Waals surface area (Å²) in [5.74, 6) is -0.154. The van der Waals surface area contributed by atoms with Crippen molar-refractivity contribution in [1.29, 1.82) is 0 Å². The van der Waals surface area contributed by atoms with Crippen LogP contribution in [0.3, 0.4) is 0 Å². The summed E-state index contributed by atoms with van der Waals surface area (Å²) in [6, 6.07) is 4.55. The van der Waals surface area contributed by atoms with E-state index >= 15 is 0 Å². The molecule has 0 N–H and O–H groups in total. The number of hydrogen-bond acceptors (Lipinski definition) is 4. The average Bonchev–Trinajstić information content (AvgIpc) is 2.54. The Bertz CT molecular complexity index is 700. The summed E-state index contributed by atoms with van der Waals surface area (Å²) in [5.41, 5.74) is 0.442. The highest BCUT2D eigenvalue weighted by Crippen LogP contribution is 2.26. The van der Waals surface area contributed by atoms with E-state index in [-0.39, 0.29) is 16.9 Å². The number of hydrogen-bond donors (Lipinski definition) is 0. The van der Waals surface area contributed by atoms with Crippen LogP contribution in [-0.4, -0.2) is 63.9 Å². The molecular weight excluding hydrogens is 396 g/mol. The number of benzene rings is 1. The molecule has 0 saturated carbocycles. The predicted octanol–water partition coefficient (Wildman–Crippen LogP) is 2.34. The van der Waals surface area contributed by atoms with E-state index in [9.17, 15) is 13.2 Å². The van der Waals surface area contributed by atoms with Crippen LogP contribution in [0.25, 0.3) is 0 Å². The number of rotatable bonds is 5. The molecule has 1 aromatic carbocycles. The summed E-state index contributed by atoms with van der Waals surface area (Å²) in [6.07, 6.45) is 3.23. The van der Waals surface area contributed by atoms with Gasteiger partial charge in [-0.3, -0.25) is 4.79 Å². The van der Waals surface area contributed by atoms with Crippen LogP contribution in [0.2, 0.25) is 0 Å². The van der Waals surface area contributed by atoms with Crippen molar-refractivity contribution in [2.24, 2.45) is 0 Å². The van der Waals surface area contributed by atoms with Crippen molar-refractivity contribution >= 4 is 31.9 Å². The van der Waals surface area contributed by atoms with Gasteiger partial charge >= 0.3 is 0 Å². The fourth-order valence-corrected chi connectivity index (χ4v) is 4.53. The van der Waals surface area contributed by atoms with Crippen molar-refractivity contribution < 1.29 is 17.9 Å². The first-order valence-corrected chi connectivity index (χ1v) is 10.1.